The molecule has 0 aromatic carbocycles. The van der Waals surface area contributed by atoms with Gasteiger partial charge in [-0.05, 0) is 38.9 Å². The number of aryl methyl sites for hydroxylation is 1. The molecule has 0 aliphatic carbocycles. The molecule has 8 nitrogen and oxygen atoms in total. The number of aliphatic carboxylic acids is 2. The zero-order valence-corrected chi connectivity index (χ0v) is 18.0. The van der Waals surface area contributed by atoms with Gasteiger partial charge in [0, 0.05) is 25.2 Å². The van der Waals surface area contributed by atoms with Crippen LogP contribution in [0.4, 0.5) is 26.3 Å². The summed E-state index contributed by atoms with van der Waals surface area (Å²) in [5, 5.41) is 14.2. The van der Waals surface area contributed by atoms with Gasteiger partial charge in [0.25, 0.3) is 0 Å². The number of likely N-dealkylation sites (tertiary alicyclic amines) is 1. The van der Waals surface area contributed by atoms with Crippen LogP contribution in [0.25, 0.3) is 0 Å². The van der Waals surface area contributed by atoms with Crippen molar-refractivity contribution in [3.63, 3.8) is 0 Å². The first-order valence-electron chi connectivity index (χ1n) is 9.74. The molecule has 3 heterocycles. The minimum atomic E-state index is -5.08. The van der Waals surface area contributed by atoms with E-state index in [4.69, 9.17) is 29.0 Å². The minimum absolute atomic E-state index is 0.286. The zero-order chi connectivity index (χ0) is 25.4. The van der Waals surface area contributed by atoms with Gasteiger partial charge in [0.2, 0.25) is 0 Å². The first kappa shape index (κ1) is 28.7. The fourth-order valence-corrected chi connectivity index (χ4v) is 3.25. The van der Waals surface area contributed by atoms with Crippen molar-refractivity contribution in [2.45, 2.75) is 44.2 Å². The second kappa shape index (κ2) is 11.7. The molecule has 0 amide bonds. The SMILES string of the molecule is Cc1ccc(CN2CCC3(CC2)COCCN3C)o1.O=C(O)C(F)(F)F.O=C(O)C(F)(F)F. The Hall–Kier alpha value is -2.32. The van der Waals surface area contributed by atoms with Crippen LogP contribution >= 0.6 is 0 Å². The van der Waals surface area contributed by atoms with E-state index < -0.39 is 24.3 Å². The van der Waals surface area contributed by atoms with Crippen LogP contribution < -0.4 is 0 Å². The molecule has 2 fully saturated rings. The van der Waals surface area contributed by atoms with E-state index in [2.05, 4.69) is 22.9 Å². The summed E-state index contributed by atoms with van der Waals surface area (Å²) in [5.41, 5.74) is 0.286. The van der Waals surface area contributed by atoms with Crippen molar-refractivity contribution < 1.29 is 55.3 Å². The van der Waals surface area contributed by atoms with Gasteiger partial charge in [0.05, 0.1) is 19.8 Å². The topological polar surface area (TPSA) is 103 Å². The van der Waals surface area contributed by atoms with Crippen molar-refractivity contribution in [2.24, 2.45) is 0 Å². The van der Waals surface area contributed by atoms with E-state index in [1.807, 2.05) is 13.0 Å². The molecule has 2 aliphatic heterocycles. The van der Waals surface area contributed by atoms with Crippen LogP contribution in [0.1, 0.15) is 24.4 Å². The predicted molar refractivity (Wildman–Crippen MR) is 102 cm³/mol. The van der Waals surface area contributed by atoms with E-state index in [0.717, 1.165) is 50.9 Å². The number of nitrogens with zero attached hydrogens (tertiary/aromatic N) is 2. The van der Waals surface area contributed by atoms with E-state index in [0.29, 0.717) is 0 Å². The molecule has 2 N–H and O–H groups in total. The van der Waals surface area contributed by atoms with E-state index in [-0.39, 0.29) is 5.54 Å². The summed E-state index contributed by atoms with van der Waals surface area (Å²) < 4.78 is 74.9. The van der Waals surface area contributed by atoms with Gasteiger partial charge < -0.3 is 19.4 Å². The first-order chi connectivity index (χ1) is 15.1. The van der Waals surface area contributed by atoms with E-state index in [1.54, 1.807) is 0 Å². The maximum Gasteiger partial charge on any atom is 0.490 e. The standard InChI is InChI=1S/C15H24N2O2.2C2HF3O2/c1-13-3-4-14(19-13)11-17-7-5-15(6-8-17)12-18-10-9-16(15)2;2*3-2(4,5)1(6)7/h3-4H,5-12H2,1-2H3;2*(H,6,7). The van der Waals surface area contributed by atoms with Gasteiger partial charge in [-0.3, -0.25) is 9.80 Å². The van der Waals surface area contributed by atoms with E-state index in [9.17, 15) is 26.3 Å². The van der Waals surface area contributed by atoms with Crippen molar-refractivity contribution in [3.05, 3.63) is 23.7 Å². The third-order valence-corrected chi connectivity index (χ3v) is 5.20. The molecule has 0 unspecified atom stereocenters. The molecule has 3 rings (SSSR count). The van der Waals surface area contributed by atoms with Gasteiger partial charge in [-0.2, -0.15) is 26.3 Å². The molecule has 190 valence electrons. The number of rotatable bonds is 2. The number of carbonyl (C=O) groups is 2. The zero-order valence-electron chi connectivity index (χ0n) is 18.0. The number of furan rings is 1. The lowest BCUT2D eigenvalue weighted by Gasteiger charge is -2.49. The average Bonchev–Trinajstić information content (AvgIpc) is 3.10. The summed E-state index contributed by atoms with van der Waals surface area (Å²) in [6.07, 6.45) is -7.77. The van der Waals surface area contributed by atoms with Crippen molar-refractivity contribution in [2.75, 3.05) is 39.9 Å². The summed E-state index contributed by atoms with van der Waals surface area (Å²) in [7, 11) is 2.24. The third-order valence-electron chi connectivity index (χ3n) is 5.20. The maximum absolute atomic E-state index is 10.6. The highest BCUT2D eigenvalue weighted by molar-refractivity contribution is 5.73. The summed E-state index contributed by atoms with van der Waals surface area (Å²) in [5.74, 6) is -3.43. The number of hydrogen-bond donors (Lipinski definition) is 2. The number of ether oxygens (including phenoxy) is 1. The molecule has 2 aliphatic rings. The molecule has 0 bridgehead atoms. The molecule has 1 aromatic rings. The van der Waals surface area contributed by atoms with Crippen LogP contribution in [-0.2, 0) is 20.9 Å². The summed E-state index contributed by atoms with van der Waals surface area (Å²) in [6, 6.07) is 4.14. The highest BCUT2D eigenvalue weighted by atomic mass is 19.4. The second-order valence-corrected chi connectivity index (χ2v) is 7.59. The number of alkyl halides is 6. The highest BCUT2D eigenvalue weighted by Crippen LogP contribution is 2.31. The Morgan fingerprint density at radius 1 is 1.00 bits per heavy atom. The number of carboxylic acid groups (broad SMARTS) is 2. The normalized spacial score (nSPS) is 19.2. The lowest BCUT2D eigenvalue weighted by molar-refractivity contribution is -0.193. The largest absolute Gasteiger partial charge is 0.490 e. The number of likely N-dealkylation sites (N-methyl/N-ethyl adjacent to an activating group) is 1. The second-order valence-electron chi connectivity index (χ2n) is 7.59. The van der Waals surface area contributed by atoms with Crippen LogP contribution in [0.15, 0.2) is 16.5 Å². The van der Waals surface area contributed by atoms with Crippen LogP contribution in [0, 0.1) is 6.92 Å². The molecule has 1 spiro atoms. The molecule has 0 radical (unpaired) electrons. The molecule has 1 aromatic heterocycles. The van der Waals surface area contributed by atoms with Crippen LogP contribution in [0.2, 0.25) is 0 Å². The molecule has 0 saturated carbocycles. The Balaban J connectivity index is 0.000000324. The van der Waals surface area contributed by atoms with Gasteiger partial charge in [-0.25, -0.2) is 9.59 Å². The fraction of sp³-hybridized carbons (Fsp3) is 0.684. The van der Waals surface area contributed by atoms with Crippen molar-refractivity contribution >= 4 is 11.9 Å². The lowest BCUT2D eigenvalue weighted by atomic mass is 9.86. The molecule has 14 heteroatoms. The van der Waals surface area contributed by atoms with Gasteiger partial charge >= 0.3 is 24.3 Å². The Kier molecular flexibility index (Phi) is 10.2. The van der Waals surface area contributed by atoms with Gasteiger partial charge in [0.1, 0.15) is 11.5 Å². The summed E-state index contributed by atoms with van der Waals surface area (Å²) >= 11 is 0. The van der Waals surface area contributed by atoms with E-state index >= 15 is 0 Å². The van der Waals surface area contributed by atoms with E-state index in [1.165, 1.54) is 12.8 Å². The summed E-state index contributed by atoms with van der Waals surface area (Å²) in [4.78, 5) is 22.8. The summed E-state index contributed by atoms with van der Waals surface area (Å²) in [6.45, 7) is 8.06. The Labute approximate surface area is 185 Å². The lowest BCUT2D eigenvalue weighted by Crippen LogP contribution is -2.59. The number of morpholine rings is 1. The van der Waals surface area contributed by atoms with Crippen LogP contribution in [-0.4, -0.2) is 89.7 Å². The first-order valence-corrected chi connectivity index (χ1v) is 9.74. The van der Waals surface area contributed by atoms with Crippen LogP contribution in [0.5, 0.6) is 0 Å². The Bertz CT molecular complexity index is 748. The quantitative estimate of drug-likeness (QED) is 0.607. The predicted octanol–water partition coefficient (Wildman–Crippen LogP) is 3.15. The average molecular weight is 492 g/mol. The maximum atomic E-state index is 10.6. The fourth-order valence-electron chi connectivity index (χ4n) is 3.25. The number of carboxylic acids is 2. The third kappa shape index (κ3) is 9.60. The van der Waals surface area contributed by atoms with Crippen LogP contribution in [0.3, 0.4) is 0 Å². The number of halogens is 6. The molecule has 2 saturated heterocycles. The van der Waals surface area contributed by atoms with Crippen molar-refractivity contribution in [1.82, 2.24) is 9.80 Å². The Morgan fingerprint density at radius 2 is 1.48 bits per heavy atom. The number of hydrogen-bond acceptors (Lipinski definition) is 6. The van der Waals surface area contributed by atoms with Gasteiger partial charge in [-0.15, -0.1) is 0 Å². The van der Waals surface area contributed by atoms with Crippen molar-refractivity contribution in [1.29, 1.82) is 0 Å². The molecular weight excluding hydrogens is 466 g/mol. The Morgan fingerprint density at radius 3 is 1.85 bits per heavy atom. The molecule has 0 atom stereocenters. The van der Waals surface area contributed by atoms with Gasteiger partial charge in [-0.1, -0.05) is 0 Å². The monoisotopic (exact) mass is 492 g/mol. The minimum Gasteiger partial charge on any atom is -0.475 e. The number of piperidine rings is 1. The molecular formula is C19H26F6N2O6. The van der Waals surface area contributed by atoms with Crippen molar-refractivity contribution in [3.8, 4) is 0 Å². The highest BCUT2D eigenvalue weighted by Gasteiger charge is 2.40. The van der Waals surface area contributed by atoms with Gasteiger partial charge in [0.15, 0.2) is 0 Å². The smallest absolute Gasteiger partial charge is 0.475 e. The molecule has 33 heavy (non-hydrogen) atoms.